The van der Waals surface area contributed by atoms with E-state index in [1.54, 1.807) is 25.3 Å². The molecular weight excluding hydrogens is 244 g/mol. The van der Waals surface area contributed by atoms with Crippen LogP contribution in [-0.2, 0) is 4.74 Å². The second kappa shape index (κ2) is 7.39. The number of carbonyl (C=O) groups is 1. The molecule has 0 bridgehead atoms. The van der Waals surface area contributed by atoms with Gasteiger partial charge in [-0.25, -0.2) is 0 Å². The monoisotopic (exact) mass is 262 g/mol. The van der Waals surface area contributed by atoms with Gasteiger partial charge in [0, 0.05) is 20.2 Å². The fourth-order valence-electron chi connectivity index (χ4n) is 1.69. The van der Waals surface area contributed by atoms with Gasteiger partial charge in [-0.1, -0.05) is 6.07 Å². The topological polar surface area (TPSA) is 73.6 Å². The molecule has 1 N–H and O–H groups in total. The van der Waals surface area contributed by atoms with E-state index in [1.165, 1.54) is 4.90 Å². The van der Waals surface area contributed by atoms with Crippen molar-refractivity contribution in [2.24, 2.45) is 0 Å². The summed E-state index contributed by atoms with van der Waals surface area (Å²) in [7, 11) is 1.55. The van der Waals surface area contributed by atoms with Gasteiger partial charge in [-0.05, 0) is 24.6 Å². The minimum Gasteiger partial charge on any atom is -0.507 e. The third-order valence-electron chi connectivity index (χ3n) is 2.73. The fourth-order valence-corrected chi connectivity index (χ4v) is 1.69. The highest BCUT2D eigenvalue weighted by Crippen LogP contribution is 2.20. The van der Waals surface area contributed by atoms with Crippen LogP contribution in [-0.4, -0.2) is 42.7 Å². The van der Waals surface area contributed by atoms with Crippen molar-refractivity contribution < 1.29 is 14.6 Å². The van der Waals surface area contributed by atoms with Gasteiger partial charge in [-0.2, -0.15) is 5.26 Å². The molecule has 0 aromatic heterocycles. The van der Waals surface area contributed by atoms with Crippen LogP contribution in [0.5, 0.6) is 5.75 Å². The van der Waals surface area contributed by atoms with Crippen molar-refractivity contribution >= 4 is 5.91 Å². The van der Waals surface area contributed by atoms with E-state index in [2.05, 4.69) is 0 Å². The van der Waals surface area contributed by atoms with Crippen molar-refractivity contribution in [2.45, 2.75) is 13.3 Å². The summed E-state index contributed by atoms with van der Waals surface area (Å²) in [5, 5.41) is 18.4. The number of phenols is 1. The van der Waals surface area contributed by atoms with Crippen molar-refractivity contribution in [2.75, 3.05) is 26.8 Å². The molecule has 0 radical (unpaired) electrons. The number of hydrogen-bond acceptors (Lipinski definition) is 4. The summed E-state index contributed by atoms with van der Waals surface area (Å²) in [5.74, 6) is -0.325. The second-order valence-corrected chi connectivity index (χ2v) is 4.21. The number of aromatic hydroxyl groups is 1. The molecule has 0 fully saturated rings. The maximum atomic E-state index is 12.3. The normalized spacial score (nSPS) is 9.95. The molecule has 0 aliphatic carbocycles. The van der Waals surface area contributed by atoms with Crippen LogP contribution in [0.3, 0.4) is 0 Å². The Bertz CT molecular complexity index is 480. The molecule has 0 saturated heterocycles. The van der Waals surface area contributed by atoms with E-state index in [1.807, 2.05) is 13.0 Å². The Hall–Kier alpha value is -2.06. The van der Waals surface area contributed by atoms with Gasteiger partial charge in [0.15, 0.2) is 0 Å². The number of aryl methyl sites for hydroxylation is 1. The quantitative estimate of drug-likeness (QED) is 0.846. The highest BCUT2D eigenvalue weighted by atomic mass is 16.5. The van der Waals surface area contributed by atoms with Crippen LogP contribution in [0.4, 0.5) is 0 Å². The average molecular weight is 262 g/mol. The van der Waals surface area contributed by atoms with Crippen LogP contribution in [0.1, 0.15) is 22.3 Å². The Labute approximate surface area is 113 Å². The SMILES string of the molecule is COCCN(CCC#N)C(=O)c1ccc(C)cc1O. The summed E-state index contributed by atoms with van der Waals surface area (Å²) >= 11 is 0. The maximum Gasteiger partial charge on any atom is 0.257 e. The molecule has 5 nitrogen and oxygen atoms in total. The maximum absolute atomic E-state index is 12.3. The summed E-state index contributed by atoms with van der Waals surface area (Å²) in [6, 6.07) is 6.92. The molecule has 0 aliphatic heterocycles. The van der Waals surface area contributed by atoms with Crippen molar-refractivity contribution in [3.8, 4) is 11.8 Å². The first kappa shape index (κ1) is 15.0. The number of phenolic OH excluding ortho intramolecular Hbond substituents is 1. The van der Waals surface area contributed by atoms with Gasteiger partial charge in [-0.3, -0.25) is 4.79 Å². The van der Waals surface area contributed by atoms with Gasteiger partial charge < -0.3 is 14.7 Å². The lowest BCUT2D eigenvalue weighted by Crippen LogP contribution is -2.34. The number of amides is 1. The molecule has 0 aliphatic rings. The van der Waals surface area contributed by atoms with E-state index in [-0.39, 0.29) is 23.6 Å². The lowest BCUT2D eigenvalue weighted by molar-refractivity contribution is 0.0697. The predicted molar refractivity (Wildman–Crippen MR) is 70.9 cm³/mol. The van der Waals surface area contributed by atoms with E-state index in [0.29, 0.717) is 19.7 Å². The van der Waals surface area contributed by atoms with Crippen LogP contribution in [0.2, 0.25) is 0 Å². The highest BCUT2D eigenvalue weighted by Gasteiger charge is 2.18. The molecular formula is C14H18N2O3. The fraction of sp³-hybridized carbons (Fsp3) is 0.429. The lowest BCUT2D eigenvalue weighted by Gasteiger charge is -2.21. The Morgan fingerprint density at radius 2 is 2.21 bits per heavy atom. The van der Waals surface area contributed by atoms with E-state index in [9.17, 15) is 9.90 Å². The summed E-state index contributed by atoms with van der Waals surface area (Å²) < 4.78 is 4.95. The third kappa shape index (κ3) is 4.27. The Morgan fingerprint density at radius 1 is 1.47 bits per heavy atom. The zero-order valence-corrected chi connectivity index (χ0v) is 11.2. The van der Waals surface area contributed by atoms with Gasteiger partial charge in [0.25, 0.3) is 5.91 Å². The first-order valence-electron chi connectivity index (χ1n) is 6.05. The van der Waals surface area contributed by atoms with Crippen LogP contribution in [0.25, 0.3) is 0 Å². The van der Waals surface area contributed by atoms with Gasteiger partial charge in [0.05, 0.1) is 24.7 Å². The Kier molecular flexibility index (Phi) is 5.83. The molecule has 0 spiro atoms. The van der Waals surface area contributed by atoms with Gasteiger partial charge in [0.1, 0.15) is 5.75 Å². The summed E-state index contributed by atoms with van der Waals surface area (Å²) in [6.07, 6.45) is 0.252. The number of carbonyl (C=O) groups excluding carboxylic acids is 1. The minimum absolute atomic E-state index is 0.0376. The zero-order chi connectivity index (χ0) is 14.3. The van der Waals surface area contributed by atoms with Crippen LogP contribution in [0.15, 0.2) is 18.2 Å². The smallest absolute Gasteiger partial charge is 0.257 e. The number of rotatable bonds is 6. The predicted octanol–water partition coefficient (Wildman–Crippen LogP) is 1.70. The van der Waals surface area contributed by atoms with Crippen LogP contribution < -0.4 is 0 Å². The standard InChI is InChI=1S/C14H18N2O3/c1-11-4-5-12(13(17)10-11)14(18)16(7-3-6-15)8-9-19-2/h4-5,10,17H,3,7-9H2,1-2H3. The first-order chi connectivity index (χ1) is 9.10. The number of methoxy groups -OCH3 is 1. The van der Waals surface area contributed by atoms with Crippen molar-refractivity contribution in [1.82, 2.24) is 4.90 Å². The lowest BCUT2D eigenvalue weighted by atomic mass is 10.1. The van der Waals surface area contributed by atoms with E-state index in [4.69, 9.17) is 10.00 Å². The van der Waals surface area contributed by atoms with Gasteiger partial charge >= 0.3 is 0 Å². The number of hydrogen-bond donors (Lipinski definition) is 1. The zero-order valence-electron chi connectivity index (χ0n) is 11.2. The number of benzene rings is 1. The molecule has 0 heterocycles. The first-order valence-corrected chi connectivity index (χ1v) is 6.05. The van der Waals surface area contributed by atoms with Crippen LogP contribution in [0, 0.1) is 18.3 Å². The van der Waals surface area contributed by atoms with E-state index < -0.39 is 0 Å². The highest BCUT2D eigenvalue weighted by molar-refractivity contribution is 5.96. The molecule has 102 valence electrons. The van der Waals surface area contributed by atoms with Crippen molar-refractivity contribution in [3.63, 3.8) is 0 Å². The molecule has 0 unspecified atom stereocenters. The third-order valence-corrected chi connectivity index (χ3v) is 2.73. The molecule has 1 aromatic carbocycles. The number of nitriles is 1. The molecule has 5 heteroatoms. The summed E-state index contributed by atoms with van der Waals surface area (Å²) in [5.41, 5.74) is 1.13. The minimum atomic E-state index is -0.287. The molecule has 0 saturated carbocycles. The molecule has 19 heavy (non-hydrogen) atoms. The van der Waals surface area contributed by atoms with Crippen molar-refractivity contribution in [1.29, 1.82) is 5.26 Å². The molecule has 1 rings (SSSR count). The Morgan fingerprint density at radius 3 is 2.79 bits per heavy atom. The van der Waals surface area contributed by atoms with Crippen LogP contribution >= 0.6 is 0 Å². The van der Waals surface area contributed by atoms with E-state index >= 15 is 0 Å². The molecule has 1 aromatic rings. The largest absolute Gasteiger partial charge is 0.507 e. The number of ether oxygens (including phenoxy) is 1. The summed E-state index contributed by atoms with van der Waals surface area (Å²) in [6.45, 7) is 2.95. The average Bonchev–Trinajstić information content (AvgIpc) is 2.38. The van der Waals surface area contributed by atoms with E-state index in [0.717, 1.165) is 5.56 Å². The van der Waals surface area contributed by atoms with Gasteiger partial charge in [0.2, 0.25) is 0 Å². The molecule has 1 amide bonds. The van der Waals surface area contributed by atoms with Crippen molar-refractivity contribution in [3.05, 3.63) is 29.3 Å². The number of nitrogens with zero attached hydrogens (tertiary/aromatic N) is 2. The summed E-state index contributed by atoms with van der Waals surface area (Å²) in [4.78, 5) is 13.8. The second-order valence-electron chi connectivity index (χ2n) is 4.21. The molecule has 0 atom stereocenters. The Balaban J connectivity index is 2.88. The van der Waals surface area contributed by atoms with Gasteiger partial charge in [-0.15, -0.1) is 0 Å².